The Bertz CT molecular complexity index is 1180. The average Bonchev–Trinajstić information content (AvgIpc) is 2.88. The Morgan fingerprint density at radius 1 is 0.800 bits per heavy atom. The van der Waals surface area contributed by atoms with Crippen molar-refractivity contribution in [1.82, 2.24) is 9.29 Å². The topological polar surface area (TPSA) is 87.2 Å². The highest BCUT2D eigenvalue weighted by Gasteiger charge is 2.25. The van der Waals surface area contributed by atoms with Crippen molar-refractivity contribution < 1.29 is 27.4 Å². The van der Waals surface area contributed by atoms with Crippen LogP contribution in [0.5, 0.6) is 23.0 Å². The van der Waals surface area contributed by atoms with E-state index in [1.54, 1.807) is 68.9 Å². The molecule has 0 aliphatic heterocycles. The number of pyridine rings is 1. The monoisotopic (exact) mass is 520 g/mol. The molecule has 1 heterocycles. The SMILES string of the molecule is COc1ccc(CN(Cc2ccc(OC)cc2OC)S(=O)(=O)CCc2ccc(Cl)nc2)c(OC)c1. The molecule has 0 aliphatic rings. The van der Waals surface area contributed by atoms with Gasteiger partial charge in [0.25, 0.3) is 0 Å². The lowest BCUT2D eigenvalue weighted by Gasteiger charge is -2.24. The Hall–Kier alpha value is -3.01. The molecule has 0 N–H and O–H groups in total. The molecule has 0 aliphatic carbocycles. The Balaban J connectivity index is 1.94. The van der Waals surface area contributed by atoms with Crippen molar-refractivity contribution in [3.8, 4) is 23.0 Å². The highest BCUT2D eigenvalue weighted by molar-refractivity contribution is 7.89. The van der Waals surface area contributed by atoms with Crippen molar-refractivity contribution in [3.63, 3.8) is 0 Å². The number of aryl methyl sites for hydroxylation is 1. The summed E-state index contributed by atoms with van der Waals surface area (Å²) in [4.78, 5) is 4.04. The molecule has 0 saturated heterocycles. The summed E-state index contributed by atoms with van der Waals surface area (Å²) in [6.07, 6.45) is 1.88. The first-order chi connectivity index (χ1) is 16.8. The van der Waals surface area contributed by atoms with Crippen LogP contribution in [0.25, 0.3) is 0 Å². The number of methoxy groups -OCH3 is 4. The van der Waals surface area contributed by atoms with Crippen LogP contribution in [-0.2, 0) is 29.5 Å². The van der Waals surface area contributed by atoms with E-state index in [9.17, 15) is 8.42 Å². The van der Waals surface area contributed by atoms with Gasteiger partial charge in [0.15, 0.2) is 0 Å². The number of hydrogen-bond acceptors (Lipinski definition) is 7. The van der Waals surface area contributed by atoms with Gasteiger partial charge < -0.3 is 18.9 Å². The fraction of sp³-hybridized carbons (Fsp3) is 0.320. The molecule has 3 aromatic rings. The van der Waals surface area contributed by atoms with Gasteiger partial charge in [0.2, 0.25) is 10.0 Å². The maximum Gasteiger partial charge on any atom is 0.215 e. The summed E-state index contributed by atoms with van der Waals surface area (Å²) in [5.41, 5.74) is 2.19. The zero-order chi connectivity index (χ0) is 25.4. The van der Waals surface area contributed by atoms with Crippen molar-refractivity contribution >= 4 is 21.6 Å². The molecule has 0 bridgehead atoms. The zero-order valence-electron chi connectivity index (χ0n) is 20.2. The Morgan fingerprint density at radius 3 is 1.77 bits per heavy atom. The Kier molecular flexibility index (Phi) is 9.20. The van der Waals surface area contributed by atoms with Crippen LogP contribution in [0.2, 0.25) is 5.15 Å². The van der Waals surface area contributed by atoms with E-state index in [0.29, 0.717) is 45.7 Å². The number of benzene rings is 2. The van der Waals surface area contributed by atoms with Gasteiger partial charge in [0, 0.05) is 42.5 Å². The minimum Gasteiger partial charge on any atom is -0.497 e. The van der Waals surface area contributed by atoms with E-state index < -0.39 is 10.0 Å². The van der Waals surface area contributed by atoms with Crippen LogP contribution in [0.15, 0.2) is 54.7 Å². The van der Waals surface area contributed by atoms with Gasteiger partial charge in [-0.2, -0.15) is 4.31 Å². The van der Waals surface area contributed by atoms with Gasteiger partial charge in [0.1, 0.15) is 28.2 Å². The summed E-state index contributed by atoms with van der Waals surface area (Å²) >= 11 is 5.85. The van der Waals surface area contributed by atoms with E-state index in [4.69, 9.17) is 30.5 Å². The minimum absolute atomic E-state index is 0.101. The Labute approximate surface area is 211 Å². The lowest BCUT2D eigenvalue weighted by Crippen LogP contribution is -2.33. The van der Waals surface area contributed by atoms with E-state index in [-0.39, 0.29) is 18.8 Å². The molecule has 0 amide bonds. The lowest BCUT2D eigenvalue weighted by molar-refractivity contribution is 0.358. The summed E-state index contributed by atoms with van der Waals surface area (Å²) in [6, 6.07) is 14.0. The predicted octanol–water partition coefficient (Wildman–Crippen LogP) is 4.34. The number of sulfonamides is 1. The van der Waals surface area contributed by atoms with Gasteiger partial charge in [0.05, 0.1) is 34.2 Å². The smallest absolute Gasteiger partial charge is 0.215 e. The van der Waals surface area contributed by atoms with E-state index >= 15 is 0 Å². The number of ether oxygens (including phenoxy) is 4. The van der Waals surface area contributed by atoms with Crippen LogP contribution in [0, 0.1) is 0 Å². The molecule has 0 spiro atoms. The molecule has 10 heteroatoms. The fourth-order valence-corrected chi connectivity index (χ4v) is 5.06. The lowest BCUT2D eigenvalue weighted by atomic mass is 10.1. The maximum absolute atomic E-state index is 13.6. The second-order valence-corrected chi connectivity index (χ2v) is 10.2. The molecule has 0 fully saturated rings. The molecule has 188 valence electrons. The highest BCUT2D eigenvalue weighted by atomic mass is 35.5. The largest absolute Gasteiger partial charge is 0.497 e. The molecule has 0 radical (unpaired) electrons. The Morgan fingerprint density at radius 2 is 1.34 bits per heavy atom. The molecular formula is C25H29ClN2O6S. The third-order valence-corrected chi connectivity index (χ3v) is 7.50. The first kappa shape index (κ1) is 26.6. The van der Waals surface area contributed by atoms with Gasteiger partial charge in [-0.25, -0.2) is 13.4 Å². The molecule has 35 heavy (non-hydrogen) atoms. The number of hydrogen-bond donors (Lipinski definition) is 0. The second kappa shape index (κ2) is 12.1. The molecule has 0 atom stereocenters. The number of halogens is 1. The standard InChI is InChI=1S/C25H29ClN2O6S/c1-31-21-8-6-19(23(13-21)33-3)16-28(17-20-7-9-22(32-2)14-24(20)34-4)35(29,30)12-11-18-5-10-25(26)27-15-18/h5-10,13-15H,11-12,16-17H2,1-4H3. The summed E-state index contributed by atoms with van der Waals surface area (Å²) in [6.45, 7) is 0.201. The predicted molar refractivity (Wildman–Crippen MR) is 135 cm³/mol. The maximum atomic E-state index is 13.6. The molecule has 8 nitrogen and oxygen atoms in total. The van der Waals surface area contributed by atoms with Gasteiger partial charge in [-0.15, -0.1) is 0 Å². The van der Waals surface area contributed by atoms with Gasteiger partial charge in [-0.1, -0.05) is 29.8 Å². The molecule has 0 unspecified atom stereocenters. The van der Waals surface area contributed by atoms with Crippen molar-refractivity contribution in [1.29, 1.82) is 0 Å². The van der Waals surface area contributed by atoms with Crippen molar-refractivity contribution in [2.24, 2.45) is 0 Å². The van der Waals surface area contributed by atoms with E-state index in [1.807, 2.05) is 0 Å². The van der Waals surface area contributed by atoms with Gasteiger partial charge >= 0.3 is 0 Å². The van der Waals surface area contributed by atoms with Crippen molar-refractivity contribution in [2.45, 2.75) is 19.5 Å². The first-order valence-corrected chi connectivity index (χ1v) is 12.8. The van der Waals surface area contributed by atoms with E-state index in [1.165, 1.54) is 18.5 Å². The summed E-state index contributed by atoms with van der Waals surface area (Å²) in [7, 11) is 2.49. The van der Waals surface area contributed by atoms with Crippen molar-refractivity contribution in [2.75, 3.05) is 34.2 Å². The quantitative estimate of drug-likeness (QED) is 0.328. The summed E-state index contributed by atoms with van der Waals surface area (Å²) in [5, 5.41) is 0.358. The average molecular weight is 521 g/mol. The van der Waals surface area contributed by atoms with Gasteiger partial charge in [-0.3, -0.25) is 0 Å². The third kappa shape index (κ3) is 7.00. The number of aromatic nitrogens is 1. The summed E-state index contributed by atoms with van der Waals surface area (Å²) < 4.78 is 50.1. The van der Waals surface area contributed by atoms with Crippen LogP contribution < -0.4 is 18.9 Å². The van der Waals surface area contributed by atoms with E-state index in [0.717, 1.165) is 5.56 Å². The molecule has 3 rings (SSSR count). The van der Waals surface area contributed by atoms with Crippen molar-refractivity contribution in [3.05, 3.63) is 76.6 Å². The fourth-order valence-electron chi connectivity index (χ4n) is 3.53. The minimum atomic E-state index is -3.71. The van der Waals surface area contributed by atoms with Crippen LogP contribution in [0.3, 0.4) is 0 Å². The number of nitrogens with zero attached hydrogens (tertiary/aromatic N) is 2. The second-order valence-electron chi connectivity index (χ2n) is 7.68. The highest BCUT2D eigenvalue weighted by Crippen LogP contribution is 2.30. The third-order valence-electron chi connectivity index (χ3n) is 5.51. The normalized spacial score (nSPS) is 11.4. The molecular weight excluding hydrogens is 492 g/mol. The molecule has 1 aromatic heterocycles. The van der Waals surface area contributed by atoms with E-state index in [2.05, 4.69) is 4.98 Å². The van der Waals surface area contributed by atoms with Gasteiger partial charge in [-0.05, 0) is 30.2 Å². The first-order valence-electron chi connectivity index (χ1n) is 10.8. The number of rotatable bonds is 12. The summed E-state index contributed by atoms with van der Waals surface area (Å²) in [5.74, 6) is 2.20. The molecule has 0 saturated carbocycles. The van der Waals surface area contributed by atoms with Crippen LogP contribution >= 0.6 is 11.6 Å². The zero-order valence-corrected chi connectivity index (χ0v) is 21.7. The molecule has 2 aromatic carbocycles. The van der Waals surface area contributed by atoms with Crippen LogP contribution in [0.4, 0.5) is 0 Å². The van der Waals surface area contributed by atoms with Crippen LogP contribution in [-0.4, -0.2) is 51.9 Å². The van der Waals surface area contributed by atoms with Crippen LogP contribution in [0.1, 0.15) is 16.7 Å².